The van der Waals surface area contributed by atoms with E-state index in [2.05, 4.69) is 15.4 Å². The first-order valence-corrected chi connectivity index (χ1v) is 6.94. The van der Waals surface area contributed by atoms with E-state index in [1.165, 1.54) is 6.20 Å². The molecule has 106 valence electrons. The second-order valence-corrected chi connectivity index (χ2v) is 5.01. The number of hydrogen-bond donors (Lipinski definition) is 1. The maximum absolute atomic E-state index is 12.2. The van der Waals surface area contributed by atoms with Crippen molar-refractivity contribution in [1.29, 1.82) is 0 Å². The summed E-state index contributed by atoms with van der Waals surface area (Å²) in [7, 11) is 0. The van der Waals surface area contributed by atoms with Gasteiger partial charge in [0.15, 0.2) is 0 Å². The van der Waals surface area contributed by atoms with E-state index in [0.717, 1.165) is 17.5 Å². The first-order chi connectivity index (χ1) is 10.2. The molecule has 0 spiro atoms. The minimum Gasteiger partial charge on any atom is -0.306 e. The van der Waals surface area contributed by atoms with Crippen molar-refractivity contribution in [2.45, 2.75) is 13.3 Å². The summed E-state index contributed by atoms with van der Waals surface area (Å²) < 4.78 is 1.68. The van der Waals surface area contributed by atoms with E-state index >= 15 is 0 Å². The molecule has 0 aromatic carbocycles. The summed E-state index contributed by atoms with van der Waals surface area (Å²) in [4.78, 5) is 16.1. The molecule has 3 heterocycles. The van der Waals surface area contributed by atoms with Gasteiger partial charge in [-0.2, -0.15) is 5.10 Å². The van der Waals surface area contributed by atoms with Gasteiger partial charge in [0.2, 0.25) is 0 Å². The number of rotatable bonds is 3. The maximum Gasteiger partial charge on any atom is 0.258 e. The number of aromatic nitrogens is 3. The Labute approximate surface area is 126 Å². The Morgan fingerprint density at radius 2 is 2.24 bits per heavy atom. The Morgan fingerprint density at radius 3 is 2.95 bits per heavy atom. The normalized spacial score (nSPS) is 10.8. The minimum atomic E-state index is -0.250. The van der Waals surface area contributed by atoms with E-state index in [9.17, 15) is 4.79 Å². The molecule has 21 heavy (non-hydrogen) atoms. The molecule has 0 bridgehead atoms. The number of carbonyl (C=O) groups excluding carboxylic acids is 1. The highest BCUT2D eigenvalue weighted by atomic mass is 35.5. The molecule has 0 unspecified atom stereocenters. The Hall–Kier alpha value is -2.40. The molecule has 0 radical (unpaired) electrons. The number of hydrogen-bond acceptors (Lipinski definition) is 3. The Balaban J connectivity index is 2.01. The average Bonchev–Trinajstić information content (AvgIpc) is 2.91. The summed E-state index contributed by atoms with van der Waals surface area (Å²) in [5.41, 5.74) is 2.45. The van der Waals surface area contributed by atoms with Gasteiger partial charge in [0.05, 0.1) is 17.3 Å². The van der Waals surface area contributed by atoms with Crippen LogP contribution in [-0.2, 0) is 6.42 Å². The number of halogens is 1. The molecule has 0 saturated heterocycles. The highest BCUT2D eigenvalue weighted by molar-refractivity contribution is 6.31. The lowest BCUT2D eigenvalue weighted by atomic mass is 10.2. The van der Waals surface area contributed by atoms with E-state index in [-0.39, 0.29) is 5.91 Å². The molecule has 3 aromatic heterocycles. The van der Waals surface area contributed by atoms with Crippen LogP contribution in [0.4, 0.5) is 5.82 Å². The fourth-order valence-electron chi connectivity index (χ4n) is 2.15. The van der Waals surface area contributed by atoms with Crippen molar-refractivity contribution in [2.24, 2.45) is 0 Å². The Bertz CT molecular complexity index is 798. The summed E-state index contributed by atoms with van der Waals surface area (Å²) in [6.45, 7) is 2.05. The van der Waals surface area contributed by atoms with Gasteiger partial charge in [-0.3, -0.25) is 9.78 Å². The van der Waals surface area contributed by atoms with Crippen LogP contribution >= 0.6 is 11.6 Å². The van der Waals surface area contributed by atoms with Crippen molar-refractivity contribution < 1.29 is 4.79 Å². The molecule has 0 aliphatic rings. The first-order valence-electron chi connectivity index (χ1n) is 6.56. The molecule has 3 rings (SSSR count). The molecule has 0 aliphatic heterocycles. The van der Waals surface area contributed by atoms with Crippen LogP contribution in [0, 0.1) is 0 Å². The SMILES string of the molecule is CCc1cnn2c(NC(=O)c3cccnc3)cc(Cl)cc12. The van der Waals surface area contributed by atoms with Crippen LogP contribution < -0.4 is 5.32 Å². The van der Waals surface area contributed by atoms with Crippen LogP contribution in [-0.4, -0.2) is 20.5 Å². The predicted molar refractivity (Wildman–Crippen MR) is 81.8 cm³/mol. The van der Waals surface area contributed by atoms with Crippen LogP contribution in [0.2, 0.25) is 5.02 Å². The molecule has 0 atom stereocenters. The first kappa shape index (κ1) is 13.6. The fourth-order valence-corrected chi connectivity index (χ4v) is 2.36. The van der Waals surface area contributed by atoms with Gasteiger partial charge in [0, 0.05) is 17.4 Å². The van der Waals surface area contributed by atoms with Crippen LogP contribution in [0.25, 0.3) is 5.52 Å². The number of fused-ring (bicyclic) bond motifs is 1. The maximum atomic E-state index is 12.2. The molecule has 0 fully saturated rings. The zero-order chi connectivity index (χ0) is 14.8. The third-order valence-electron chi connectivity index (χ3n) is 3.21. The lowest BCUT2D eigenvalue weighted by Gasteiger charge is -2.08. The highest BCUT2D eigenvalue weighted by Gasteiger charge is 2.12. The number of amides is 1. The van der Waals surface area contributed by atoms with E-state index in [0.29, 0.717) is 16.4 Å². The summed E-state index contributed by atoms with van der Waals surface area (Å²) in [5.74, 6) is 0.284. The summed E-state index contributed by atoms with van der Waals surface area (Å²) in [6.07, 6.45) is 5.76. The number of carbonyl (C=O) groups is 1. The zero-order valence-corrected chi connectivity index (χ0v) is 12.1. The van der Waals surface area contributed by atoms with E-state index < -0.39 is 0 Å². The number of anilines is 1. The molecule has 1 amide bonds. The van der Waals surface area contributed by atoms with Gasteiger partial charge in [0.25, 0.3) is 5.91 Å². The van der Waals surface area contributed by atoms with Gasteiger partial charge in [-0.05, 0) is 36.2 Å². The second kappa shape index (κ2) is 5.54. The molecule has 5 nitrogen and oxygen atoms in total. The zero-order valence-electron chi connectivity index (χ0n) is 11.4. The van der Waals surface area contributed by atoms with Crippen LogP contribution in [0.3, 0.4) is 0 Å². The Kier molecular flexibility index (Phi) is 3.58. The smallest absolute Gasteiger partial charge is 0.258 e. The molecular weight excluding hydrogens is 288 g/mol. The molecular formula is C15H13ClN4O. The van der Waals surface area contributed by atoms with Gasteiger partial charge in [-0.25, -0.2) is 4.52 Å². The quantitative estimate of drug-likeness (QED) is 0.808. The number of nitrogens with one attached hydrogen (secondary N) is 1. The van der Waals surface area contributed by atoms with Crippen molar-refractivity contribution in [2.75, 3.05) is 5.32 Å². The fraction of sp³-hybridized carbons (Fsp3) is 0.133. The predicted octanol–water partition coefficient (Wildman–Crippen LogP) is 3.20. The molecule has 0 aliphatic carbocycles. The number of nitrogens with zero attached hydrogens (tertiary/aromatic N) is 3. The monoisotopic (exact) mass is 300 g/mol. The second-order valence-electron chi connectivity index (χ2n) is 4.58. The van der Waals surface area contributed by atoms with Gasteiger partial charge >= 0.3 is 0 Å². The minimum absolute atomic E-state index is 0.250. The molecule has 6 heteroatoms. The summed E-state index contributed by atoms with van der Waals surface area (Å²) >= 11 is 6.13. The Morgan fingerprint density at radius 1 is 1.38 bits per heavy atom. The largest absolute Gasteiger partial charge is 0.306 e. The van der Waals surface area contributed by atoms with Gasteiger partial charge < -0.3 is 5.32 Å². The molecule has 0 saturated carbocycles. The van der Waals surface area contributed by atoms with E-state index in [1.54, 1.807) is 35.1 Å². The van der Waals surface area contributed by atoms with Crippen molar-refractivity contribution >= 4 is 28.8 Å². The van der Waals surface area contributed by atoms with E-state index in [4.69, 9.17) is 11.6 Å². The lowest BCUT2D eigenvalue weighted by Crippen LogP contribution is -2.15. The summed E-state index contributed by atoms with van der Waals surface area (Å²) in [6, 6.07) is 6.93. The van der Waals surface area contributed by atoms with Crippen LogP contribution in [0.1, 0.15) is 22.8 Å². The van der Waals surface area contributed by atoms with E-state index in [1.807, 2.05) is 13.0 Å². The standard InChI is InChI=1S/C15H13ClN4O/c1-2-10-9-18-20-13(10)6-12(16)7-14(20)19-15(21)11-4-3-5-17-8-11/h3-9H,2H2,1H3,(H,19,21). The topological polar surface area (TPSA) is 59.3 Å². The van der Waals surface area contributed by atoms with Crippen LogP contribution in [0.15, 0.2) is 42.9 Å². The average molecular weight is 301 g/mol. The third-order valence-corrected chi connectivity index (χ3v) is 3.43. The van der Waals surface area contributed by atoms with Crippen molar-refractivity contribution in [3.63, 3.8) is 0 Å². The van der Waals surface area contributed by atoms with Crippen molar-refractivity contribution in [1.82, 2.24) is 14.6 Å². The highest BCUT2D eigenvalue weighted by Crippen LogP contribution is 2.23. The van der Waals surface area contributed by atoms with Crippen molar-refractivity contribution in [3.8, 4) is 0 Å². The van der Waals surface area contributed by atoms with Gasteiger partial charge in [-0.15, -0.1) is 0 Å². The molecule has 1 N–H and O–H groups in total. The number of pyridine rings is 2. The van der Waals surface area contributed by atoms with Gasteiger partial charge in [-0.1, -0.05) is 18.5 Å². The third kappa shape index (κ3) is 2.60. The van der Waals surface area contributed by atoms with Crippen molar-refractivity contribution in [3.05, 3.63) is 59.0 Å². The summed E-state index contributed by atoms with van der Waals surface area (Å²) in [5, 5.41) is 7.68. The van der Waals surface area contributed by atoms with Gasteiger partial charge in [0.1, 0.15) is 5.82 Å². The number of aryl methyl sites for hydroxylation is 1. The molecule has 3 aromatic rings. The lowest BCUT2D eigenvalue weighted by molar-refractivity contribution is 0.102. The van der Waals surface area contributed by atoms with Crippen LogP contribution in [0.5, 0.6) is 0 Å².